The van der Waals surface area contributed by atoms with Crippen LogP contribution in [0.4, 0.5) is 10.5 Å². The van der Waals surface area contributed by atoms with E-state index in [1.807, 2.05) is 6.07 Å². The predicted molar refractivity (Wildman–Crippen MR) is 81.5 cm³/mol. The summed E-state index contributed by atoms with van der Waals surface area (Å²) < 4.78 is 5.16. The van der Waals surface area contributed by atoms with E-state index < -0.39 is 11.7 Å². The van der Waals surface area contributed by atoms with Crippen molar-refractivity contribution < 1.29 is 19.1 Å². The van der Waals surface area contributed by atoms with E-state index in [4.69, 9.17) is 4.74 Å². The van der Waals surface area contributed by atoms with Gasteiger partial charge in [0.05, 0.1) is 13.0 Å². The summed E-state index contributed by atoms with van der Waals surface area (Å²) in [4.78, 5) is 36.2. The second-order valence-electron chi connectivity index (χ2n) is 6.22. The van der Waals surface area contributed by atoms with Crippen LogP contribution in [-0.2, 0) is 20.9 Å². The zero-order valence-electron chi connectivity index (χ0n) is 13.0. The first-order chi connectivity index (χ1) is 10.2. The molecule has 1 fully saturated rings. The average Bonchev–Trinajstić information content (AvgIpc) is 2.74. The number of benzene rings is 1. The largest absolute Gasteiger partial charge is 0.444 e. The maximum Gasteiger partial charge on any atom is 0.407 e. The molecule has 2 rings (SSSR count). The molecule has 1 aliphatic rings. The first kappa shape index (κ1) is 16.0. The number of hydrogen-bond donors (Lipinski definition) is 1. The van der Waals surface area contributed by atoms with Gasteiger partial charge in [-0.1, -0.05) is 12.1 Å². The number of nitrogens with one attached hydrogen (secondary N) is 1. The number of amides is 2. The van der Waals surface area contributed by atoms with Crippen LogP contribution in [0.1, 0.15) is 32.8 Å². The Morgan fingerprint density at radius 2 is 2.05 bits per heavy atom. The van der Waals surface area contributed by atoms with E-state index in [0.29, 0.717) is 12.2 Å². The topological polar surface area (TPSA) is 75.7 Å². The summed E-state index contributed by atoms with van der Waals surface area (Å²) >= 11 is 0. The molecule has 1 N–H and O–H groups in total. The van der Waals surface area contributed by atoms with Gasteiger partial charge in [-0.2, -0.15) is 0 Å². The maximum absolute atomic E-state index is 11.7. The van der Waals surface area contributed by atoms with Gasteiger partial charge in [0.15, 0.2) is 5.78 Å². The highest BCUT2D eigenvalue weighted by molar-refractivity contribution is 6.15. The Labute approximate surface area is 129 Å². The van der Waals surface area contributed by atoms with Crippen LogP contribution in [0, 0.1) is 0 Å². The lowest BCUT2D eigenvalue weighted by Gasteiger charge is -2.20. The fraction of sp³-hybridized carbons (Fsp3) is 0.438. The molecule has 2 amide bonds. The summed E-state index contributed by atoms with van der Waals surface area (Å²) in [5, 5.41) is 2.66. The number of rotatable bonds is 3. The molecule has 1 aromatic rings. The van der Waals surface area contributed by atoms with Crippen LogP contribution in [0.2, 0.25) is 0 Å². The lowest BCUT2D eigenvalue weighted by Crippen LogP contribution is -2.32. The maximum atomic E-state index is 11.7. The summed E-state index contributed by atoms with van der Waals surface area (Å²) in [6.45, 7) is 5.79. The molecule has 0 unspecified atom stereocenters. The standard InChI is InChI=1S/C16H20N2O4/c1-16(2,3)22-15(21)17-9-11-5-4-6-12(7-11)18-10-13(19)8-14(18)20/h4-7H,8-10H2,1-3H3,(H,17,21). The zero-order chi connectivity index (χ0) is 16.3. The van der Waals surface area contributed by atoms with Crippen molar-refractivity contribution >= 4 is 23.5 Å². The number of hydrogen-bond acceptors (Lipinski definition) is 4. The van der Waals surface area contributed by atoms with E-state index in [1.165, 1.54) is 4.90 Å². The quantitative estimate of drug-likeness (QED) is 0.867. The van der Waals surface area contributed by atoms with Crippen molar-refractivity contribution in [2.45, 2.75) is 39.3 Å². The average molecular weight is 304 g/mol. The molecule has 1 aliphatic heterocycles. The second-order valence-corrected chi connectivity index (χ2v) is 6.22. The predicted octanol–water partition coefficient (Wildman–Crippen LogP) is 2.02. The fourth-order valence-electron chi connectivity index (χ4n) is 2.14. The van der Waals surface area contributed by atoms with Gasteiger partial charge in [-0.25, -0.2) is 4.79 Å². The Hall–Kier alpha value is -2.37. The molecule has 0 spiro atoms. The highest BCUT2D eigenvalue weighted by Gasteiger charge is 2.28. The van der Waals surface area contributed by atoms with Gasteiger partial charge in [-0.3, -0.25) is 9.59 Å². The lowest BCUT2D eigenvalue weighted by molar-refractivity contribution is -0.121. The second kappa shape index (κ2) is 6.17. The summed E-state index contributed by atoms with van der Waals surface area (Å²) in [7, 11) is 0. The van der Waals surface area contributed by atoms with E-state index in [1.54, 1.807) is 39.0 Å². The summed E-state index contributed by atoms with van der Waals surface area (Å²) in [5.74, 6) is -0.274. The molecule has 118 valence electrons. The smallest absolute Gasteiger partial charge is 0.407 e. The molecular formula is C16H20N2O4. The molecule has 0 saturated carbocycles. The van der Waals surface area contributed by atoms with Gasteiger partial charge in [0.1, 0.15) is 5.60 Å². The van der Waals surface area contributed by atoms with E-state index in [-0.39, 0.29) is 24.7 Å². The van der Waals surface area contributed by atoms with Crippen LogP contribution in [0.5, 0.6) is 0 Å². The monoisotopic (exact) mass is 304 g/mol. The molecule has 0 aliphatic carbocycles. The van der Waals surface area contributed by atoms with E-state index in [0.717, 1.165) is 5.56 Å². The van der Waals surface area contributed by atoms with E-state index in [9.17, 15) is 14.4 Å². The van der Waals surface area contributed by atoms with Gasteiger partial charge in [0.2, 0.25) is 5.91 Å². The highest BCUT2D eigenvalue weighted by atomic mass is 16.6. The number of ketones is 1. The molecule has 6 nitrogen and oxygen atoms in total. The van der Waals surface area contributed by atoms with Crippen molar-refractivity contribution in [3.63, 3.8) is 0 Å². The van der Waals surface area contributed by atoms with E-state index >= 15 is 0 Å². The number of nitrogens with zero attached hydrogens (tertiary/aromatic N) is 1. The Morgan fingerprint density at radius 3 is 2.64 bits per heavy atom. The van der Waals surface area contributed by atoms with Crippen molar-refractivity contribution in [2.24, 2.45) is 0 Å². The summed E-state index contributed by atoms with van der Waals surface area (Å²) in [6.07, 6.45) is -0.536. The third-order valence-electron chi connectivity index (χ3n) is 3.04. The van der Waals surface area contributed by atoms with Crippen LogP contribution in [-0.4, -0.2) is 29.9 Å². The highest BCUT2D eigenvalue weighted by Crippen LogP contribution is 2.21. The molecule has 0 bridgehead atoms. The minimum atomic E-state index is -0.547. The molecule has 6 heteroatoms. The van der Waals surface area contributed by atoms with Crippen molar-refractivity contribution in [2.75, 3.05) is 11.4 Å². The number of anilines is 1. The lowest BCUT2D eigenvalue weighted by atomic mass is 10.2. The van der Waals surface area contributed by atoms with Gasteiger partial charge >= 0.3 is 6.09 Å². The minimum absolute atomic E-state index is 0.0413. The van der Waals surface area contributed by atoms with E-state index in [2.05, 4.69) is 5.32 Å². The number of Topliss-reactive ketones (excluding diaryl/α,β-unsaturated/α-hetero) is 1. The molecule has 1 saturated heterocycles. The Balaban J connectivity index is 1.99. The fourth-order valence-corrected chi connectivity index (χ4v) is 2.14. The Kier molecular flexibility index (Phi) is 4.49. The first-order valence-electron chi connectivity index (χ1n) is 7.12. The summed E-state index contributed by atoms with van der Waals surface area (Å²) in [5.41, 5.74) is 0.948. The number of alkyl carbamates (subject to hydrolysis) is 1. The number of ether oxygens (including phenoxy) is 1. The van der Waals surface area contributed by atoms with Crippen LogP contribution in [0.15, 0.2) is 24.3 Å². The van der Waals surface area contributed by atoms with Crippen LogP contribution < -0.4 is 10.2 Å². The molecular weight excluding hydrogens is 284 g/mol. The molecule has 0 aromatic heterocycles. The number of carbonyl (C=O) groups is 3. The molecule has 0 radical (unpaired) electrons. The van der Waals surface area contributed by atoms with Gasteiger partial charge in [-0.05, 0) is 38.5 Å². The van der Waals surface area contributed by atoms with Gasteiger partial charge in [-0.15, -0.1) is 0 Å². The molecule has 1 heterocycles. The van der Waals surface area contributed by atoms with Crippen molar-refractivity contribution in [3.05, 3.63) is 29.8 Å². The van der Waals surface area contributed by atoms with Crippen molar-refractivity contribution in [1.29, 1.82) is 0 Å². The third kappa shape index (κ3) is 4.31. The first-order valence-corrected chi connectivity index (χ1v) is 7.12. The van der Waals surface area contributed by atoms with Crippen molar-refractivity contribution in [3.8, 4) is 0 Å². The summed E-state index contributed by atoms with van der Waals surface area (Å²) in [6, 6.07) is 7.18. The Morgan fingerprint density at radius 1 is 1.32 bits per heavy atom. The zero-order valence-corrected chi connectivity index (χ0v) is 13.0. The molecule has 22 heavy (non-hydrogen) atoms. The van der Waals surface area contributed by atoms with Crippen LogP contribution in [0.3, 0.4) is 0 Å². The van der Waals surface area contributed by atoms with Gasteiger partial charge in [0, 0.05) is 12.2 Å². The minimum Gasteiger partial charge on any atom is -0.444 e. The Bertz CT molecular complexity index is 604. The van der Waals surface area contributed by atoms with Gasteiger partial charge in [0.25, 0.3) is 0 Å². The number of carbonyl (C=O) groups excluding carboxylic acids is 3. The van der Waals surface area contributed by atoms with Crippen molar-refractivity contribution in [1.82, 2.24) is 5.32 Å². The van der Waals surface area contributed by atoms with Gasteiger partial charge < -0.3 is 15.0 Å². The molecule has 1 aromatic carbocycles. The van der Waals surface area contributed by atoms with Crippen LogP contribution >= 0.6 is 0 Å². The SMILES string of the molecule is CC(C)(C)OC(=O)NCc1cccc(N2CC(=O)CC2=O)c1. The third-order valence-corrected chi connectivity index (χ3v) is 3.04. The normalized spacial score (nSPS) is 15.1. The van der Waals surface area contributed by atoms with Crippen LogP contribution in [0.25, 0.3) is 0 Å². The molecule has 0 atom stereocenters.